The van der Waals surface area contributed by atoms with E-state index < -0.39 is 5.92 Å². The predicted molar refractivity (Wildman–Crippen MR) is 60.0 cm³/mol. The lowest BCUT2D eigenvalue weighted by atomic mass is 9.95. The van der Waals surface area contributed by atoms with Gasteiger partial charge in [0.05, 0.1) is 12.7 Å². The molecule has 0 spiro atoms. The smallest absolute Gasteiger partial charge is 0.274 e. The van der Waals surface area contributed by atoms with E-state index in [4.69, 9.17) is 10.5 Å². The van der Waals surface area contributed by atoms with E-state index in [9.17, 15) is 8.78 Å². The van der Waals surface area contributed by atoms with Crippen LogP contribution in [-0.2, 0) is 5.92 Å². The van der Waals surface area contributed by atoms with E-state index in [2.05, 4.69) is 0 Å². The SMILES string of the molecule is COc1c(C(C)CN)cccc1C(C)(F)F. The summed E-state index contributed by atoms with van der Waals surface area (Å²) in [4.78, 5) is 0. The number of methoxy groups -OCH3 is 1. The molecule has 16 heavy (non-hydrogen) atoms. The Balaban J connectivity index is 3.32. The maximum atomic E-state index is 13.3. The fourth-order valence-corrected chi connectivity index (χ4v) is 1.64. The number of benzene rings is 1. The summed E-state index contributed by atoms with van der Waals surface area (Å²) in [6, 6.07) is 4.76. The molecular formula is C12H17F2NO. The molecule has 0 aromatic heterocycles. The van der Waals surface area contributed by atoms with E-state index in [1.54, 1.807) is 12.1 Å². The predicted octanol–water partition coefficient (Wildman–Crippen LogP) is 2.87. The summed E-state index contributed by atoms with van der Waals surface area (Å²) in [5.74, 6) is -2.67. The highest BCUT2D eigenvalue weighted by atomic mass is 19.3. The summed E-state index contributed by atoms with van der Waals surface area (Å²) >= 11 is 0. The van der Waals surface area contributed by atoms with Gasteiger partial charge in [-0.05, 0) is 24.1 Å². The Bertz CT molecular complexity index is 361. The van der Waals surface area contributed by atoms with Crippen LogP contribution in [0.15, 0.2) is 18.2 Å². The Morgan fingerprint density at radius 3 is 2.50 bits per heavy atom. The number of alkyl halides is 2. The fraction of sp³-hybridized carbons (Fsp3) is 0.500. The van der Waals surface area contributed by atoms with E-state index >= 15 is 0 Å². The van der Waals surface area contributed by atoms with Crippen molar-refractivity contribution in [3.05, 3.63) is 29.3 Å². The summed E-state index contributed by atoms with van der Waals surface area (Å²) in [6.07, 6.45) is 0. The molecule has 0 aliphatic carbocycles. The Morgan fingerprint density at radius 2 is 2.06 bits per heavy atom. The molecule has 0 heterocycles. The van der Waals surface area contributed by atoms with Gasteiger partial charge in [0.2, 0.25) is 0 Å². The van der Waals surface area contributed by atoms with Gasteiger partial charge in [-0.3, -0.25) is 0 Å². The summed E-state index contributed by atoms with van der Waals surface area (Å²) in [6.45, 7) is 3.15. The second kappa shape index (κ2) is 4.78. The van der Waals surface area contributed by atoms with Crippen molar-refractivity contribution >= 4 is 0 Å². The van der Waals surface area contributed by atoms with Gasteiger partial charge in [-0.15, -0.1) is 0 Å². The number of nitrogens with two attached hydrogens (primary N) is 1. The van der Waals surface area contributed by atoms with Crippen LogP contribution in [0, 0.1) is 0 Å². The number of ether oxygens (including phenoxy) is 1. The minimum absolute atomic E-state index is 0.00255. The molecule has 0 amide bonds. The third kappa shape index (κ3) is 2.50. The molecule has 0 radical (unpaired) electrons. The van der Waals surface area contributed by atoms with Crippen molar-refractivity contribution in [3.8, 4) is 5.75 Å². The zero-order valence-electron chi connectivity index (χ0n) is 9.76. The van der Waals surface area contributed by atoms with Crippen LogP contribution in [0.3, 0.4) is 0 Å². The van der Waals surface area contributed by atoms with Crippen molar-refractivity contribution in [3.63, 3.8) is 0 Å². The molecule has 1 unspecified atom stereocenters. The van der Waals surface area contributed by atoms with Gasteiger partial charge in [0.1, 0.15) is 5.75 Å². The number of hydrogen-bond acceptors (Lipinski definition) is 2. The highest BCUT2D eigenvalue weighted by molar-refractivity contribution is 5.45. The highest BCUT2D eigenvalue weighted by Crippen LogP contribution is 2.38. The van der Waals surface area contributed by atoms with E-state index in [-0.39, 0.29) is 17.2 Å². The summed E-state index contributed by atoms with van der Waals surface area (Å²) < 4.78 is 31.8. The first-order valence-corrected chi connectivity index (χ1v) is 5.17. The normalized spacial score (nSPS) is 13.6. The first-order valence-electron chi connectivity index (χ1n) is 5.17. The molecule has 90 valence electrons. The summed E-state index contributed by atoms with van der Waals surface area (Å²) in [5, 5.41) is 0. The summed E-state index contributed by atoms with van der Waals surface area (Å²) in [7, 11) is 1.40. The first kappa shape index (κ1) is 12.9. The van der Waals surface area contributed by atoms with Crippen LogP contribution in [0.5, 0.6) is 5.75 Å². The lowest BCUT2D eigenvalue weighted by Crippen LogP contribution is -2.14. The molecule has 0 aliphatic rings. The van der Waals surface area contributed by atoms with Gasteiger partial charge in [0, 0.05) is 6.92 Å². The Hall–Kier alpha value is -1.16. The van der Waals surface area contributed by atoms with Crippen molar-refractivity contribution < 1.29 is 13.5 Å². The third-order valence-corrected chi connectivity index (χ3v) is 2.61. The average molecular weight is 229 g/mol. The minimum atomic E-state index is -2.91. The number of rotatable bonds is 4. The van der Waals surface area contributed by atoms with E-state index in [0.29, 0.717) is 6.54 Å². The lowest BCUT2D eigenvalue weighted by molar-refractivity contribution is 0.0149. The molecule has 0 fully saturated rings. The van der Waals surface area contributed by atoms with Crippen molar-refractivity contribution in [2.24, 2.45) is 5.73 Å². The zero-order chi connectivity index (χ0) is 12.3. The van der Waals surface area contributed by atoms with Gasteiger partial charge < -0.3 is 10.5 Å². The molecule has 0 bridgehead atoms. The van der Waals surface area contributed by atoms with Gasteiger partial charge in [-0.25, -0.2) is 8.78 Å². The van der Waals surface area contributed by atoms with Crippen LogP contribution in [0.1, 0.15) is 30.9 Å². The van der Waals surface area contributed by atoms with E-state index in [1.807, 2.05) is 6.92 Å². The molecule has 2 N–H and O–H groups in total. The fourth-order valence-electron chi connectivity index (χ4n) is 1.64. The van der Waals surface area contributed by atoms with Crippen molar-refractivity contribution in [2.75, 3.05) is 13.7 Å². The van der Waals surface area contributed by atoms with Crippen LogP contribution in [0.4, 0.5) is 8.78 Å². The lowest BCUT2D eigenvalue weighted by Gasteiger charge is -2.20. The Kier molecular flexibility index (Phi) is 3.86. The second-order valence-electron chi connectivity index (χ2n) is 3.95. The topological polar surface area (TPSA) is 35.2 Å². The van der Waals surface area contributed by atoms with Gasteiger partial charge in [0.25, 0.3) is 5.92 Å². The Labute approximate surface area is 94.4 Å². The number of para-hydroxylation sites is 1. The number of hydrogen-bond donors (Lipinski definition) is 1. The second-order valence-corrected chi connectivity index (χ2v) is 3.95. The standard InChI is InChI=1S/C12H17F2NO/c1-8(7-15)9-5-4-6-10(11(9)16-3)12(2,13)14/h4-6,8H,7,15H2,1-3H3. The van der Waals surface area contributed by atoms with Crippen LogP contribution in [-0.4, -0.2) is 13.7 Å². The maximum absolute atomic E-state index is 13.3. The zero-order valence-corrected chi connectivity index (χ0v) is 9.76. The molecule has 0 saturated heterocycles. The number of halogens is 2. The minimum Gasteiger partial charge on any atom is -0.496 e. The van der Waals surface area contributed by atoms with Gasteiger partial charge in [-0.2, -0.15) is 0 Å². The molecule has 1 rings (SSSR count). The molecule has 1 aromatic rings. The highest BCUT2D eigenvalue weighted by Gasteiger charge is 2.30. The van der Waals surface area contributed by atoms with Gasteiger partial charge in [-0.1, -0.05) is 19.1 Å². The van der Waals surface area contributed by atoms with E-state index in [0.717, 1.165) is 12.5 Å². The molecule has 1 atom stereocenters. The largest absolute Gasteiger partial charge is 0.496 e. The Morgan fingerprint density at radius 1 is 1.44 bits per heavy atom. The molecule has 2 nitrogen and oxygen atoms in total. The van der Waals surface area contributed by atoms with Crippen LogP contribution in [0.2, 0.25) is 0 Å². The molecule has 1 aromatic carbocycles. The molecule has 0 aliphatic heterocycles. The van der Waals surface area contributed by atoms with Gasteiger partial charge >= 0.3 is 0 Å². The van der Waals surface area contributed by atoms with Crippen LogP contribution in [0.25, 0.3) is 0 Å². The maximum Gasteiger partial charge on any atom is 0.274 e. The molecular weight excluding hydrogens is 212 g/mol. The van der Waals surface area contributed by atoms with Crippen molar-refractivity contribution in [2.45, 2.75) is 25.7 Å². The third-order valence-electron chi connectivity index (χ3n) is 2.61. The average Bonchev–Trinajstić information content (AvgIpc) is 2.25. The van der Waals surface area contributed by atoms with Crippen LogP contribution >= 0.6 is 0 Å². The van der Waals surface area contributed by atoms with Crippen molar-refractivity contribution in [1.82, 2.24) is 0 Å². The molecule has 4 heteroatoms. The van der Waals surface area contributed by atoms with E-state index in [1.165, 1.54) is 13.2 Å². The van der Waals surface area contributed by atoms with Crippen LogP contribution < -0.4 is 10.5 Å². The first-order chi connectivity index (χ1) is 7.41. The van der Waals surface area contributed by atoms with Crippen molar-refractivity contribution in [1.29, 1.82) is 0 Å². The van der Waals surface area contributed by atoms with Gasteiger partial charge in [0.15, 0.2) is 0 Å². The quantitative estimate of drug-likeness (QED) is 0.861. The summed E-state index contributed by atoms with van der Waals surface area (Å²) in [5.41, 5.74) is 6.18. The monoisotopic (exact) mass is 229 g/mol. The molecule has 0 saturated carbocycles.